The van der Waals surface area contributed by atoms with Crippen LogP contribution in [-0.2, 0) is 4.74 Å². The summed E-state index contributed by atoms with van der Waals surface area (Å²) >= 11 is 0. The van der Waals surface area contributed by atoms with Crippen molar-refractivity contribution in [3.05, 3.63) is 0 Å². The van der Waals surface area contributed by atoms with Crippen LogP contribution in [0.4, 0.5) is 0 Å². The first kappa shape index (κ1) is 7.94. The molecule has 1 unspecified atom stereocenters. The van der Waals surface area contributed by atoms with Crippen molar-refractivity contribution >= 4 is 0 Å². The van der Waals surface area contributed by atoms with Crippen LogP contribution in [0.3, 0.4) is 0 Å². The molecule has 4 heteroatoms. The molecule has 0 aromatic rings. The van der Waals surface area contributed by atoms with Gasteiger partial charge in [0, 0.05) is 12.8 Å². The summed E-state index contributed by atoms with van der Waals surface area (Å²) in [5, 5.41) is 26.5. The fraction of sp³-hybridized carbons (Fsp3) is 1.00. The van der Waals surface area contributed by atoms with Gasteiger partial charge >= 0.3 is 0 Å². The highest BCUT2D eigenvalue weighted by molar-refractivity contribution is 4.71. The highest BCUT2D eigenvalue weighted by Gasteiger charge is 2.25. The third kappa shape index (κ3) is 1.91. The summed E-state index contributed by atoms with van der Waals surface area (Å²) in [4.78, 5) is 0. The lowest BCUT2D eigenvalue weighted by Crippen LogP contribution is -2.37. The van der Waals surface area contributed by atoms with Crippen LogP contribution in [0.25, 0.3) is 0 Å². The van der Waals surface area contributed by atoms with Crippen LogP contribution in [0.15, 0.2) is 0 Å². The van der Waals surface area contributed by atoms with Crippen LogP contribution in [0.2, 0.25) is 0 Å². The van der Waals surface area contributed by atoms with Crippen molar-refractivity contribution in [2.24, 2.45) is 0 Å². The minimum Gasteiger partial charge on any atom is -0.394 e. The summed E-state index contributed by atoms with van der Waals surface area (Å²) in [7, 11) is 0. The van der Waals surface area contributed by atoms with Gasteiger partial charge in [-0.05, 0) is 0 Å². The first-order chi connectivity index (χ1) is 4.72. The fourth-order valence-corrected chi connectivity index (χ4v) is 1.08. The summed E-state index contributed by atoms with van der Waals surface area (Å²) in [6.45, 7) is -0.145. The summed E-state index contributed by atoms with van der Waals surface area (Å²) < 4.78 is 4.85. The molecule has 0 radical (unpaired) electrons. The topological polar surface area (TPSA) is 69.9 Å². The van der Waals surface area contributed by atoms with E-state index < -0.39 is 18.5 Å². The zero-order valence-electron chi connectivity index (χ0n) is 5.60. The zero-order chi connectivity index (χ0) is 7.56. The van der Waals surface area contributed by atoms with Crippen molar-refractivity contribution in [2.75, 3.05) is 6.61 Å². The minimum absolute atomic E-state index is 0.145. The van der Waals surface area contributed by atoms with Crippen molar-refractivity contribution in [3.63, 3.8) is 0 Å². The number of hydrogen-bond donors (Lipinski definition) is 3. The van der Waals surface area contributed by atoms with E-state index in [2.05, 4.69) is 0 Å². The standard InChI is InChI=1S/C6H12O4/c7-3-5-1-4(8)2-6(9)10-5/h4-9H,1-3H2/t4-,5?,6+/m0/s1. The normalized spacial score (nSPS) is 41.7. The summed E-state index contributed by atoms with van der Waals surface area (Å²) in [6, 6.07) is 0. The van der Waals surface area contributed by atoms with Gasteiger partial charge in [0.15, 0.2) is 6.29 Å². The van der Waals surface area contributed by atoms with Gasteiger partial charge in [-0.1, -0.05) is 0 Å². The van der Waals surface area contributed by atoms with Gasteiger partial charge in [-0.25, -0.2) is 0 Å². The lowest BCUT2D eigenvalue weighted by atomic mass is 10.1. The maximum atomic E-state index is 9.03. The third-order valence-electron chi connectivity index (χ3n) is 1.56. The van der Waals surface area contributed by atoms with Crippen molar-refractivity contribution in [3.8, 4) is 0 Å². The predicted octanol–water partition coefficient (Wildman–Crippen LogP) is -1.16. The second kappa shape index (κ2) is 3.30. The average Bonchev–Trinajstić information content (AvgIpc) is 1.85. The van der Waals surface area contributed by atoms with Gasteiger partial charge in [0.1, 0.15) is 0 Å². The van der Waals surface area contributed by atoms with Crippen LogP contribution in [0, 0.1) is 0 Å². The van der Waals surface area contributed by atoms with Crippen LogP contribution in [0.1, 0.15) is 12.8 Å². The van der Waals surface area contributed by atoms with E-state index in [-0.39, 0.29) is 13.0 Å². The second-order valence-electron chi connectivity index (χ2n) is 2.52. The molecule has 10 heavy (non-hydrogen) atoms. The number of ether oxygens (including phenoxy) is 1. The van der Waals surface area contributed by atoms with E-state index in [1.54, 1.807) is 0 Å². The van der Waals surface area contributed by atoms with Gasteiger partial charge in [-0.15, -0.1) is 0 Å². The Balaban J connectivity index is 2.35. The lowest BCUT2D eigenvalue weighted by Gasteiger charge is -2.28. The van der Waals surface area contributed by atoms with Gasteiger partial charge in [-0.2, -0.15) is 0 Å². The molecule has 0 aromatic heterocycles. The number of hydrogen-bond acceptors (Lipinski definition) is 4. The molecule has 0 spiro atoms. The van der Waals surface area contributed by atoms with E-state index in [0.29, 0.717) is 6.42 Å². The first-order valence-corrected chi connectivity index (χ1v) is 3.35. The van der Waals surface area contributed by atoms with Crippen molar-refractivity contribution in [2.45, 2.75) is 31.3 Å². The third-order valence-corrected chi connectivity index (χ3v) is 1.56. The van der Waals surface area contributed by atoms with Gasteiger partial charge in [0.2, 0.25) is 0 Å². The molecule has 0 amide bonds. The largest absolute Gasteiger partial charge is 0.394 e. The fourth-order valence-electron chi connectivity index (χ4n) is 1.08. The molecule has 1 saturated heterocycles. The molecule has 60 valence electrons. The zero-order valence-corrected chi connectivity index (χ0v) is 5.60. The number of rotatable bonds is 1. The maximum Gasteiger partial charge on any atom is 0.157 e. The van der Waals surface area contributed by atoms with Crippen LogP contribution < -0.4 is 0 Å². The molecule has 3 atom stereocenters. The molecule has 1 aliphatic rings. The van der Waals surface area contributed by atoms with E-state index in [4.69, 9.17) is 20.1 Å². The highest BCUT2D eigenvalue weighted by Crippen LogP contribution is 2.17. The Morgan fingerprint density at radius 3 is 2.50 bits per heavy atom. The molecule has 3 N–H and O–H groups in total. The minimum atomic E-state index is -0.916. The molecule has 0 bridgehead atoms. The van der Waals surface area contributed by atoms with Gasteiger partial charge in [0.05, 0.1) is 18.8 Å². The van der Waals surface area contributed by atoms with Crippen LogP contribution in [0.5, 0.6) is 0 Å². The van der Waals surface area contributed by atoms with E-state index in [0.717, 1.165) is 0 Å². The van der Waals surface area contributed by atoms with Crippen molar-refractivity contribution in [1.82, 2.24) is 0 Å². The summed E-state index contributed by atoms with van der Waals surface area (Å²) in [6.07, 6.45) is -1.20. The van der Waals surface area contributed by atoms with Gasteiger partial charge in [0.25, 0.3) is 0 Å². The molecule has 0 aromatic carbocycles. The van der Waals surface area contributed by atoms with Crippen molar-refractivity contribution < 1.29 is 20.1 Å². The SMILES string of the molecule is OCC1C[C@H](O)C[C@H](O)O1. The Labute approximate surface area is 59.1 Å². The number of aliphatic hydroxyl groups is 3. The molecular weight excluding hydrogens is 136 g/mol. The molecule has 1 aliphatic heterocycles. The lowest BCUT2D eigenvalue weighted by molar-refractivity contribution is -0.197. The Morgan fingerprint density at radius 1 is 1.30 bits per heavy atom. The Kier molecular flexibility index (Phi) is 2.62. The monoisotopic (exact) mass is 148 g/mol. The molecular formula is C6H12O4. The Hall–Kier alpha value is -0.160. The van der Waals surface area contributed by atoms with Crippen LogP contribution in [-0.4, -0.2) is 40.4 Å². The quantitative estimate of drug-likeness (QED) is 0.438. The number of aliphatic hydroxyl groups excluding tert-OH is 3. The maximum absolute atomic E-state index is 9.03. The molecule has 1 fully saturated rings. The molecule has 0 saturated carbocycles. The van der Waals surface area contributed by atoms with Crippen LogP contribution >= 0.6 is 0 Å². The molecule has 0 aliphatic carbocycles. The predicted molar refractivity (Wildman–Crippen MR) is 33.2 cm³/mol. The smallest absolute Gasteiger partial charge is 0.157 e. The van der Waals surface area contributed by atoms with E-state index in [9.17, 15) is 0 Å². The molecule has 1 rings (SSSR count). The van der Waals surface area contributed by atoms with Gasteiger partial charge in [-0.3, -0.25) is 0 Å². The molecule has 1 heterocycles. The van der Waals surface area contributed by atoms with Crippen molar-refractivity contribution in [1.29, 1.82) is 0 Å². The highest BCUT2D eigenvalue weighted by atomic mass is 16.6. The first-order valence-electron chi connectivity index (χ1n) is 3.35. The van der Waals surface area contributed by atoms with Gasteiger partial charge < -0.3 is 20.1 Å². The van der Waals surface area contributed by atoms with E-state index in [1.807, 2.05) is 0 Å². The summed E-state index contributed by atoms with van der Waals surface area (Å²) in [5.41, 5.74) is 0. The molecule has 4 nitrogen and oxygen atoms in total. The Morgan fingerprint density at radius 2 is 2.00 bits per heavy atom. The average molecular weight is 148 g/mol. The Bertz CT molecular complexity index is 95.9. The summed E-state index contributed by atoms with van der Waals surface area (Å²) in [5.74, 6) is 0. The van der Waals surface area contributed by atoms with E-state index >= 15 is 0 Å². The van der Waals surface area contributed by atoms with E-state index in [1.165, 1.54) is 0 Å². The second-order valence-corrected chi connectivity index (χ2v) is 2.52.